The van der Waals surface area contributed by atoms with E-state index in [0.717, 1.165) is 25.0 Å². The van der Waals surface area contributed by atoms with Crippen molar-refractivity contribution in [2.45, 2.75) is 50.0 Å². The van der Waals surface area contributed by atoms with E-state index < -0.39 is 17.3 Å². The van der Waals surface area contributed by atoms with Gasteiger partial charge in [0.05, 0.1) is 17.3 Å². The quantitative estimate of drug-likeness (QED) is 0.921. The summed E-state index contributed by atoms with van der Waals surface area (Å²) in [5.74, 6) is 0. The van der Waals surface area contributed by atoms with E-state index in [4.69, 9.17) is 4.74 Å². The number of hydrogen-bond donors (Lipinski definition) is 1. The molecule has 0 heterocycles. The Kier molecular flexibility index (Phi) is 4.39. The molecule has 1 N–H and O–H groups in total. The average Bonchev–Trinajstić information content (AvgIpc) is 2.38. The Labute approximate surface area is 116 Å². The largest absolute Gasteiger partial charge is 0.416 e. The van der Waals surface area contributed by atoms with Crippen molar-refractivity contribution in [3.8, 4) is 0 Å². The Balaban J connectivity index is 2.07. The lowest BCUT2D eigenvalue weighted by atomic mass is 9.79. The molecule has 112 valence electrons. The lowest BCUT2D eigenvalue weighted by Crippen LogP contribution is -2.38. The first kappa shape index (κ1) is 15.3. The average molecular weight is 288 g/mol. The predicted octanol–water partition coefficient (Wildman–Crippen LogP) is 3.57. The molecule has 0 aromatic heterocycles. The molecule has 0 unspecified atom stereocenters. The van der Waals surface area contributed by atoms with Crippen molar-refractivity contribution >= 4 is 0 Å². The number of rotatable bonds is 3. The van der Waals surface area contributed by atoms with Gasteiger partial charge in [0, 0.05) is 13.5 Å². The fourth-order valence-corrected chi connectivity index (χ4v) is 2.78. The Morgan fingerprint density at radius 1 is 1.30 bits per heavy atom. The van der Waals surface area contributed by atoms with E-state index in [9.17, 15) is 18.3 Å². The third-order valence-electron chi connectivity index (χ3n) is 3.98. The smallest absolute Gasteiger partial charge is 0.390 e. The van der Waals surface area contributed by atoms with Crippen LogP contribution < -0.4 is 0 Å². The number of alkyl halides is 3. The summed E-state index contributed by atoms with van der Waals surface area (Å²) in [4.78, 5) is 0. The highest BCUT2D eigenvalue weighted by molar-refractivity contribution is 5.27. The van der Waals surface area contributed by atoms with Crippen LogP contribution in [0.4, 0.5) is 13.2 Å². The minimum Gasteiger partial charge on any atom is -0.390 e. The van der Waals surface area contributed by atoms with Crippen LogP contribution in [-0.2, 0) is 17.3 Å². The molecule has 0 aliphatic heterocycles. The molecule has 5 heteroatoms. The Morgan fingerprint density at radius 2 is 1.95 bits per heavy atom. The van der Waals surface area contributed by atoms with Crippen LogP contribution >= 0.6 is 0 Å². The van der Waals surface area contributed by atoms with Crippen molar-refractivity contribution in [2.24, 2.45) is 0 Å². The summed E-state index contributed by atoms with van der Waals surface area (Å²) in [6.07, 6.45) is -1.34. The van der Waals surface area contributed by atoms with Gasteiger partial charge in [0.15, 0.2) is 0 Å². The van der Waals surface area contributed by atoms with Crippen molar-refractivity contribution in [3.05, 3.63) is 35.4 Å². The van der Waals surface area contributed by atoms with E-state index in [1.165, 1.54) is 6.07 Å². The van der Waals surface area contributed by atoms with Crippen molar-refractivity contribution in [3.63, 3.8) is 0 Å². The van der Waals surface area contributed by atoms with Crippen LogP contribution in [0.3, 0.4) is 0 Å². The van der Waals surface area contributed by atoms with Gasteiger partial charge >= 0.3 is 6.18 Å². The van der Waals surface area contributed by atoms with Crippen LogP contribution in [0.25, 0.3) is 0 Å². The van der Waals surface area contributed by atoms with Gasteiger partial charge in [-0.2, -0.15) is 13.2 Å². The van der Waals surface area contributed by atoms with E-state index in [-0.39, 0.29) is 12.5 Å². The third kappa shape index (κ3) is 3.73. The SMILES string of the molecule is COC1CCC(O)(Cc2cccc(C(F)(F)F)c2)CC1. The molecule has 0 saturated heterocycles. The molecule has 1 aromatic rings. The zero-order valence-electron chi connectivity index (χ0n) is 11.4. The maximum atomic E-state index is 12.7. The molecule has 0 amide bonds. The minimum absolute atomic E-state index is 0.150. The van der Waals surface area contributed by atoms with Gasteiger partial charge < -0.3 is 9.84 Å². The summed E-state index contributed by atoms with van der Waals surface area (Å²) in [6, 6.07) is 5.20. The fraction of sp³-hybridized carbons (Fsp3) is 0.600. The molecule has 1 fully saturated rings. The van der Waals surface area contributed by atoms with E-state index in [2.05, 4.69) is 0 Å². The lowest BCUT2D eigenvalue weighted by molar-refractivity contribution is -0.137. The van der Waals surface area contributed by atoms with Gasteiger partial charge in [0.2, 0.25) is 0 Å². The molecular formula is C15H19F3O2. The summed E-state index contributed by atoms with van der Waals surface area (Å²) >= 11 is 0. The molecular weight excluding hydrogens is 269 g/mol. The number of hydrogen-bond acceptors (Lipinski definition) is 2. The molecule has 20 heavy (non-hydrogen) atoms. The Hall–Kier alpha value is -1.07. The molecule has 0 bridgehead atoms. The van der Waals surface area contributed by atoms with Crippen molar-refractivity contribution in [1.29, 1.82) is 0 Å². The minimum atomic E-state index is -4.34. The first-order chi connectivity index (χ1) is 9.32. The number of benzene rings is 1. The monoisotopic (exact) mass is 288 g/mol. The highest BCUT2D eigenvalue weighted by Gasteiger charge is 2.35. The van der Waals surface area contributed by atoms with E-state index in [1.54, 1.807) is 13.2 Å². The normalized spacial score (nSPS) is 27.6. The number of halogens is 3. The standard InChI is InChI=1S/C15H19F3O2/c1-20-13-5-7-14(19,8-6-13)10-11-3-2-4-12(9-11)15(16,17)18/h2-4,9,13,19H,5-8,10H2,1H3. The second-order valence-electron chi connectivity index (χ2n) is 5.53. The van der Waals surface area contributed by atoms with Crippen molar-refractivity contribution in [2.75, 3.05) is 7.11 Å². The van der Waals surface area contributed by atoms with Crippen molar-refractivity contribution in [1.82, 2.24) is 0 Å². The second-order valence-corrected chi connectivity index (χ2v) is 5.53. The number of aliphatic hydroxyl groups is 1. The fourth-order valence-electron chi connectivity index (χ4n) is 2.78. The van der Waals surface area contributed by atoms with Crippen LogP contribution in [0.5, 0.6) is 0 Å². The first-order valence-corrected chi connectivity index (χ1v) is 6.74. The zero-order chi connectivity index (χ0) is 14.8. The molecule has 1 aliphatic rings. The lowest BCUT2D eigenvalue weighted by Gasteiger charge is -2.35. The van der Waals surface area contributed by atoms with E-state index in [0.29, 0.717) is 18.4 Å². The summed E-state index contributed by atoms with van der Waals surface area (Å²) in [5, 5.41) is 10.5. The summed E-state index contributed by atoms with van der Waals surface area (Å²) in [6.45, 7) is 0. The number of ether oxygens (including phenoxy) is 1. The first-order valence-electron chi connectivity index (χ1n) is 6.74. The van der Waals surface area contributed by atoms with Gasteiger partial charge in [-0.15, -0.1) is 0 Å². The van der Waals surface area contributed by atoms with Crippen LogP contribution in [0.1, 0.15) is 36.8 Å². The van der Waals surface area contributed by atoms with Gasteiger partial charge in [0.25, 0.3) is 0 Å². The van der Waals surface area contributed by atoms with Crippen molar-refractivity contribution < 1.29 is 23.0 Å². The van der Waals surface area contributed by atoms with Crippen LogP contribution in [0.2, 0.25) is 0 Å². The molecule has 0 atom stereocenters. The van der Waals surface area contributed by atoms with Crippen LogP contribution in [0, 0.1) is 0 Å². The molecule has 1 aromatic carbocycles. The Morgan fingerprint density at radius 3 is 2.50 bits per heavy atom. The second kappa shape index (κ2) is 5.74. The molecule has 0 radical (unpaired) electrons. The molecule has 2 rings (SSSR count). The Bertz CT molecular complexity index is 449. The molecule has 1 aliphatic carbocycles. The summed E-state index contributed by atoms with van der Waals surface area (Å²) < 4.78 is 43.2. The maximum absolute atomic E-state index is 12.7. The highest BCUT2D eigenvalue weighted by Crippen LogP contribution is 2.34. The van der Waals surface area contributed by atoms with Gasteiger partial charge in [-0.1, -0.05) is 18.2 Å². The summed E-state index contributed by atoms with van der Waals surface area (Å²) in [7, 11) is 1.64. The number of methoxy groups -OCH3 is 1. The molecule has 2 nitrogen and oxygen atoms in total. The van der Waals surface area contributed by atoms with Gasteiger partial charge in [0.1, 0.15) is 0 Å². The van der Waals surface area contributed by atoms with E-state index in [1.807, 2.05) is 0 Å². The zero-order valence-corrected chi connectivity index (χ0v) is 11.4. The van der Waals surface area contributed by atoms with Crippen LogP contribution in [-0.4, -0.2) is 23.9 Å². The molecule has 0 spiro atoms. The summed E-state index contributed by atoms with van der Waals surface area (Å²) in [5.41, 5.74) is -1.05. The van der Waals surface area contributed by atoms with Gasteiger partial charge in [-0.25, -0.2) is 0 Å². The topological polar surface area (TPSA) is 29.5 Å². The maximum Gasteiger partial charge on any atom is 0.416 e. The van der Waals surface area contributed by atoms with Gasteiger partial charge in [-0.05, 0) is 37.3 Å². The third-order valence-corrected chi connectivity index (χ3v) is 3.98. The van der Waals surface area contributed by atoms with Gasteiger partial charge in [-0.3, -0.25) is 0 Å². The predicted molar refractivity (Wildman–Crippen MR) is 69.4 cm³/mol. The molecule has 1 saturated carbocycles. The van der Waals surface area contributed by atoms with E-state index >= 15 is 0 Å². The van der Waals surface area contributed by atoms with Crippen LogP contribution in [0.15, 0.2) is 24.3 Å². The highest BCUT2D eigenvalue weighted by atomic mass is 19.4.